The Labute approximate surface area is 115 Å². The van der Waals surface area contributed by atoms with E-state index in [2.05, 4.69) is 10.1 Å². The van der Waals surface area contributed by atoms with Crippen LogP contribution in [0.5, 0.6) is 0 Å². The smallest absolute Gasteiger partial charge is 0.244 e. The molecule has 0 fully saturated rings. The molecule has 0 amide bonds. The predicted octanol–water partition coefficient (Wildman–Crippen LogP) is 3.58. The van der Waals surface area contributed by atoms with Crippen molar-refractivity contribution >= 4 is 11.6 Å². The van der Waals surface area contributed by atoms with Gasteiger partial charge in [-0.1, -0.05) is 37.5 Å². The van der Waals surface area contributed by atoms with Gasteiger partial charge in [0.15, 0.2) is 0 Å². The van der Waals surface area contributed by atoms with Crippen LogP contribution in [-0.2, 0) is 0 Å². The molecule has 0 aliphatic carbocycles. The van der Waals surface area contributed by atoms with Gasteiger partial charge in [0.25, 0.3) is 0 Å². The minimum absolute atomic E-state index is 0.0176. The van der Waals surface area contributed by atoms with Gasteiger partial charge in [0.2, 0.25) is 11.7 Å². The zero-order valence-corrected chi connectivity index (χ0v) is 11.7. The van der Waals surface area contributed by atoms with Crippen LogP contribution >= 0.6 is 11.6 Å². The van der Waals surface area contributed by atoms with E-state index >= 15 is 0 Å². The van der Waals surface area contributed by atoms with E-state index in [-0.39, 0.29) is 16.5 Å². The molecule has 6 heteroatoms. The molecule has 0 bridgehead atoms. The second-order valence-electron chi connectivity index (χ2n) is 5.43. The lowest BCUT2D eigenvalue weighted by Crippen LogP contribution is -2.26. The third kappa shape index (κ3) is 2.93. The molecular formula is C13H15ClFN3O. The lowest BCUT2D eigenvalue weighted by molar-refractivity contribution is 0.253. The fourth-order valence-corrected chi connectivity index (χ4v) is 1.66. The topological polar surface area (TPSA) is 64.9 Å². The highest BCUT2D eigenvalue weighted by molar-refractivity contribution is 6.31. The Balaban J connectivity index is 2.33. The summed E-state index contributed by atoms with van der Waals surface area (Å²) in [7, 11) is 0. The lowest BCUT2D eigenvalue weighted by Gasteiger charge is -2.23. The van der Waals surface area contributed by atoms with Crippen LogP contribution in [0.15, 0.2) is 22.7 Å². The van der Waals surface area contributed by atoms with Gasteiger partial charge in [0.1, 0.15) is 5.82 Å². The van der Waals surface area contributed by atoms with Gasteiger partial charge in [0.05, 0.1) is 11.1 Å². The molecule has 1 aromatic carbocycles. The molecule has 2 N–H and O–H groups in total. The minimum Gasteiger partial charge on any atom is -0.337 e. The van der Waals surface area contributed by atoms with E-state index in [1.165, 1.54) is 12.1 Å². The van der Waals surface area contributed by atoms with Crippen molar-refractivity contribution in [3.05, 3.63) is 34.9 Å². The van der Waals surface area contributed by atoms with Gasteiger partial charge in [-0.2, -0.15) is 4.98 Å². The van der Waals surface area contributed by atoms with Crippen LogP contribution < -0.4 is 5.73 Å². The van der Waals surface area contributed by atoms with Crippen LogP contribution in [0.25, 0.3) is 11.4 Å². The van der Waals surface area contributed by atoms with Crippen LogP contribution in [0, 0.1) is 11.2 Å². The first-order valence-electron chi connectivity index (χ1n) is 5.83. The molecule has 1 atom stereocenters. The van der Waals surface area contributed by atoms with Gasteiger partial charge in [-0.25, -0.2) is 4.39 Å². The number of nitrogens with zero attached hydrogens (tertiary/aromatic N) is 2. The van der Waals surface area contributed by atoms with Gasteiger partial charge in [-0.15, -0.1) is 0 Å². The highest BCUT2D eigenvalue weighted by Gasteiger charge is 2.27. The summed E-state index contributed by atoms with van der Waals surface area (Å²) in [4.78, 5) is 4.23. The van der Waals surface area contributed by atoms with Gasteiger partial charge in [0, 0.05) is 5.56 Å². The summed E-state index contributed by atoms with van der Waals surface area (Å²) in [6.07, 6.45) is 0. The number of nitrogens with two attached hydrogens (primary N) is 1. The van der Waals surface area contributed by atoms with Crippen molar-refractivity contribution in [1.82, 2.24) is 10.1 Å². The lowest BCUT2D eigenvalue weighted by atomic mass is 9.87. The van der Waals surface area contributed by atoms with Crippen molar-refractivity contribution in [1.29, 1.82) is 0 Å². The molecule has 0 radical (unpaired) electrons. The van der Waals surface area contributed by atoms with E-state index in [1.54, 1.807) is 6.07 Å². The maximum Gasteiger partial charge on any atom is 0.244 e. The first kappa shape index (κ1) is 14.0. The molecule has 102 valence electrons. The second kappa shape index (κ2) is 4.90. The van der Waals surface area contributed by atoms with Crippen molar-refractivity contribution in [3.8, 4) is 11.4 Å². The molecule has 1 unspecified atom stereocenters. The van der Waals surface area contributed by atoms with Crippen molar-refractivity contribution < 1.29 is 8.91 Å². The zero-order valence-electron chi connectivity index (χ0n) is 10.9. The molecule has 19 heavy (non-hydrogen) atoms. The highest BCUT2D eigenvalue weighted by atomic mass is 35.5. The third-order valence-electron chi connectivity index (χ3n) is 2.82. The Hall–Kier alpha value is -1.46. The van der Waals surface area contributed by atoms with Crippen LogP contribution in [-0.4, -0.2) is 10.1 Å². The Bertz CT molecular complexity index is 592. The first-order valence-corrected chi connectivity index (χ1v) is 6.21. The van der Waals surface area contributed by atoms with Crippen molar-refractivity contribution in [2.75, 3.05) is 0 Å². The largest absolute Gasteiger partial charge is 0.337 e. The average Bonchev–Trinajstić information content (AvgIpc) is 2.79. The van der Waals surface area contributed by atoms with Gasteiger partial charge < -0.3 is 10.3 Å². The summed E-state index contributed by atoms with van der Waals surface area (Å²) >= 11 is 5.72. The number of hydrogen-bond acceptors (Lipinski definition) is 4. The van der Waals surface area contributed by atoms with E-state index in [0.29, 0.717) is 17.3 Å². The third-order valence-corrected chi connectivity index (χ3v) is 3.11. The summed E-state index contributed by atoms with van der Waals surface area (Å²) in [5, 5.41) is 3.86. The summed E-state index contributed by atoms with van der Waals surface area (Å²) in [6, 6.07) is 3.88. The Kier molecular flexibility index (Phi) is 3.60. The zero-order chi connectivity index (χ0) is 14.2. The average molecular weight is 284 g/mol. The maximum absolute atomic E-state index is 13.1. The van der Waals surface area contributed by atoms with Crippen LogP contribution in [0.1, 0.15) is 32.7 Å². The van der Waals surface area contributed by atoms with Crippen molar-refractivity contribution in [2.24, 2.45) is 11.1 Å². The Morgan fingerprint density at radius 1 is 1.37 bits per heavy atom. The molecule has 1 heterocycles. The van der Waals surface area contributed by atoms with E-state index in [1.807, 2.05) is 20.8 Å². The molecule has 2 aromatic rings. The quantitative estimate of drug-likeness (QED) is 0.915. The Morgan fingerprint density at radius 3 is 2.63 bits per heavy atom. The van der Waals surface area contributed by atoms with Gasteiger partial charge in [-0.05, 0) is 23.6 Å². The summed E-state index contributed by atoms with van der Waals surface area (Å²) in [5.74, 6) is 0.208. The summed E-state index contributed by atoms with van der Waals surface area (Å²) in [5.41, 5.74) is 6.43. The number of rotatable bonds is 2. The molecule has 0 aliphatic rings. The van der Waals surface area contributed by atoms with Gasteiger partial charge in [-0.3, -0.25) is 0 Å². The van der Waals surface area contributed by atoms with Crippen LogP contribution in [0.3, 0.4) is 0 Å². The molecule has 0 saturated heterocycles. The molecule has 0 spiro atoms. The highest BCUT2D eigenvalue weighted by Crippen LogP contribution is 2.31. The molecule has 0 aliphatic heterocycles. The van der Waals surface area contributed by atoms with Crippen LogP contribution in [0.4, 0.5) is 4.39 Å². The maximum atomic E-state index is 13.1. The normalized spacial score (nSPS) is 13.6. The molecule has 1 aromatic heterocycles. The molecular weight excluding hydrogens is 269 g/mol. The van der Waals surface area contributed by atoms with E-state index < -0.39 is 5.82 Å². The van der Waals surface area contributed by atoms with Gasteiger partial charge >= 0.3 is 0 Å². The predicted molar refractivity (Wildman–Crippen MR) is 71.1 cm³/mol. The van der Waals surface area contributed by atoms with Crippen LogP contribution in [0.2, 0.25) is 5.02 Å². The minimum atomic E-state index is -0.486. The molecule has 2 rings (SSSR count). The Morgan fingerprint density at radius 2 is 2.05 bits per heavy atom. The number of halogens is 2. The van der Waals surface area contributed by atoms with E-state index in [4.69, 9.17) is 21.9 Å². The monoisotopic (exact) mass is 283 g/mol. The fourth-order valence-electron chi connectivity index (χ4n) is 1.48. The number of benzene rings is 1. The summed E-state index contributed by atoms with van der Waals surface area (Å²) in [6.45, 7) is 5.95. The molecule has 0 saturated carbocycles. The van der Waals surface area contributed by atoms with E-state index in [0.717, 1.165) is 0 Å². The SMILES string of the molecule is CC(C)(C)C(N)c1nc(-c2ccc(F)c(Cl)c2)no1. The molecule has 4 nitrogen and oxygen atoms in total. The summed E-state index contributed by atoms with van der Waals surface area (Å²) < 4.78 is 18.2. The fraction of sp³-hybridized carbons (Fsp3) is 0.385. The number of aromatic nitrogens is 2. The first-order chi connectivity index (χ1) is 8.79. The standard InChI is InChI=1S/C13H15ClFN3O/c1-13(2,3)10(16)12-17-11(18-19-12)7-4-5-9(15)8(14)6-7/h4-6,10H,16H2,1-3H3. The van der Waals surface area contributed by atoms with Crippen molar-refractivity contribution in [2.45, 2.75) is 26.8 Å². The van der Waals surface area contributed by atoms with E-state index in [9.17, 15) is 4.39 Å². The number of hydrogen-bond donors (Lipinski definition) is 1. The van der Waals surface area contributed by atoms with Crippen molar-refractivity contribution in [3.63, 3.8) is 0 Å². The second-order valence-corrected chi connectivity index (χ2v) is 5.84.